The number of hydrogen-bond donors (Lipinski definition) is 1. The Morgan fingerprint density at radius 1 is 1.38 bits per heavy atom. The van der Waals surface area contributed by atoms with Crippen LogP contribution in [0.4, 0.5) is 0 Å². The van der Waals surface area contributed by atoms with Crippen LogP contribution in [0, 0.1) is 0 Å². The molecule has 0 aliphatic carbocycles. The van der Waals surface area contributed by atoms with Gasteiger partial charge in [0.25, 0.3) is 0 Å². The molecule has 1 aliphatic heterocycles. The van der Waals surface area contributed by atoms with Crippen molar-refractivity contribution in [3.8, 4) is 0 Å². The number of likely N-dealkylation sites (tertiary alicyclic amines) is 1. The molecule has 0 radical (unpaired) electrons. The van der Waals surface area contributed by atoms with Crippen molar-refractivity contribution in [3.63, 3.8) is 0 Å². The summed E-state index contributed by atoms with van der Waals surface area (Å²) in [6.45, 7) is 1.82. The predicted octanol–water partition coefficient (Wildman–Crippen LogP) is 0.530. The Morgan fingerprint density at radius 2 is 1.94 bits per heavy atom. The molecular formula is C12H17N3O. The summed E-state index contributed by atoms with van der Waals surface area (Å²) in [4.78, 5) is 18.0. The number of nitrogens with zero attached hydrogens (tertiary/aromatic N) is 2. The number of primary amides is 1. The quantitative estimate of drug-likeness (QED) is 0.789. The maximum absolute atomic E-state index is 11.8. The van der Waals surface area contributed by atoms with Gasteiger partial charge in [0.1, 0.15) is 0 Å². The summed E-state index contributed by atoms with van der Waals surface area (Å²) in [5, 5.41) is 0. The van der Waals surface area contributed by atoms with Gasteiger partial charge in [-0.3, -0.25) is 9.78 Å². The number of aromatic nitrogens is 1. The highest BCUT2D eigenvalue weighted by Gasteiger charge is 2.40. The number of hydrogen-bond acceptors (Lipinski definition) is 3. The van der Waals surface area contributed by atoms with Gasteiger partial charge in [-0.15, -0.1) is 0 Å². The first-order chi connectivity index (χ1) is 7.65. The standard InChI is InChI=1S/C12H17N3O/c1-15-8-4-12(5-9-15,11(13)16)10-2-6-14-7-3-10/h2-3,6-7H,4-5,8-9H2,1H3,(H2,13,16). The van der Waals surface area contributed by atoms with Gasteiger partial charge in [-0.05, 0) is 50.7 Å². The van der Waals surface area contributed by atoms with Crippen molar-refractivity contribution in [2.24, 2.45) is 5.73 Å². The van der Waals surface area contributed by atoms with E-state index in [2.05, 4.69) is 16.9 Å². The molecule has 1 saturated heterocycles. The second-order valence-corrected chi connectivity index (χ2v) is 4.49. The lowest BCUT2D eigenvalue weighted by Gasteiger charge is -2.38. The molecule has 1 amide bonds. The van der Waals surface area contributed by atoms with Crippen LogP contribution < -0.4 is 5.73 Å². The van der Waals surface area contributed by atoms with Crippen molar-refractivity contribution >= 4 is 5.91 Å². The largest absolute Gasteiger partial charge is 0.369 e. The van der Waals surface area contributed by atoms with Gasteiger partial charge in [-0.25, -0.2) is 0 Å². The second-order valence-electron chi connectivity index (χ2n) is 4.49. The lowest BCUT2D eigenvalue weighted by Crippen LogP contribution is -2.49. The number of pyridine rings is 1. The van der Waals surface area contributed by atoms with E-state index in [-0.39, 0.29) is 5.91 Å². The van der Waals surface area contributed by atoms with E-state index < -0.39 is 5.41 Å². The van der Waals surface area contributed by atoms with Crippen LogP contribution in [-0.4, -0.2) is 35.9 Å². The summed E-state index contributed by atoms with van der Waals surface area (Å²) in [7, 11) is 2.07. The molecule has 4 heteroatoms. The number of carbonyl (C=O) groups is 1. The van der Waals surface area contributed by atoms with Crippen LogP contribution in [0.5, 0.6) is 0 Å². The van der Waals surface area contributed by atoms with Gasteiger partial charge in [-0.1, -0.05) is 0 Å². The minimum absolute atomic E-state index is 0.216. The first kappa shape index (κ1) is 11.1. The Bertz CT molecular complexity index is 369. The Labute approximate surface area is 95.5 Å². The van der Waals surface area contributed by atoms with Crippen molar-refractivity contribution in [1.82, 2.24) is 9.88 Å². The third-order valence-corrected chi connectivity index (χ3v) is 3.55. The fourth-order valence-corrected chi connectivity index (χ4v) is 2.35. The van der Waals surface area contributed by atoms with Crippen LogP contribution >= 0.6 is 0 Å². The molecule has 16 heavy (non-hydrogen) atoms. The minimum atomic E-state index is -0.491. The number of rotatable bonds is 2. The number of nitrogens with two attached hydrogens (primary N) is 1. The summed E-state index contributed by atoms with van der Waals surface area (Å²) in [6.07, 6.45) is 5.03. The van der Waals surface area contributed by atoms with Gasteiger partial charge < -0.3 is 10.6 Å². The van der Waals surface area contributed by atoms with Crippen molar-refractivity contribution in [2.75, 3.05) is 20.1 Å². The highest BCUT2D eigenvalue weighted by Crippen LogP contribution is 2.34. The molecule has 86 valence electrons. The SMILES string of the molecule is CN1CCC(C(N)=O)(c2ccncc2)CC1. The van der Waals surface area contributed by atoms with Gasteiger partial charge in [0.2, 0.25) is 5.91 Å². The second kappa shape index (κ2) is 4.22. The lowest BCUT2D eigenvalue weighted by molar-refractivity contribution is -0.125. The molecule has 2 N–H and O–H groups in total. The van der Waals surface area contributed by atoms with Crippen LogP contribution in [0.25, 0.3) is 0 Å². The van der Waals surface area contributed by atoms with E-state index in [9.17, 15) is 4.79 Å². The fraction of sp³-hybridized carbons (Fsp3) is 0.500. The maximum atomic E-state index is 11.8. The molecule has 0 bridgehead atoms. The van der Waals surface area contributed by atoms with Crippen molar-refractivity contribution < 1.29 is 4.79 Å². The molecule has 1 aliphatic rings. The van der Waals surface area contributed by atoms with Crippen molar-refractivity contribution in [3.05, 3.63) is 30.1 Å². The van der Waals surface area contributed by atoms with Gasteiger partial charge in [0.15, 0.2) is 0 Å². The predicted molar refractivity (Wildman–Crippen MR) is 61.8 cm³/mol. The highest BCUT2D eigenvalue weighted by molar-refractivity contribution is 5.86. The molecule has 1 aromatic rings. The third-order valence-electron chi connectivity index (χ3n) is 3.55. The van der Waals surface area contributed by atoms with Gasteiger partial charge >= 0.3 is 0 Å². The molecule has 2 heterocycles. The minimum Gasteiger partial charge on any atom is -0.369 e. The summed E-state index contributed by atoms with van der Waals surface area (Å²) in [5.41, 5.74) is 6.11. The third kappa shape index (κ3) is 1.80. The van der Waals surface area contributed by atoms with E-state index in [0.29, 0.717) is 0 Å². The zero-order chi connectivity index (χ0) is 11.6. The molecular weight excluding hydrogens is 202 g/mol. The van der Waals surface area contributed by atoms with Gasteiger partial charge in [0.05, 0.1) is 5.41 Å². The van der Waals surface area contributed by atoms with Gasteiger partial charge in [-0.2, -0.15) is 0 Å². The van der Waals surface area contributed by atoms with Gasteiger partial charge in [0, 0.05) is 12.4 Å². The zero-order valence-electron chi connectivity index (χ0n) is 9.52. The first-order valence-corrected chi connectivity index (χ1v) is 5.54. The monoisotopic (exact) mass is 219 g/mol. The number of amides is 1. The normalized spacial score (nSPS) is 20.6. The van der Waals surface area contributed by atoms with Crippen LogP contribution in [0.15, 0.2) is 24.5 Å². The van der Waals surface area contributed by atoms with Crippen molar-refractivity contribution in [1.29, 1.82) is 0 Å². The Kier molecular flexibility index (Phi) is 2.92. The molecule has 4 nitrogen and oxygen atoms in total. The molecule has 1 aromatic heterocycles. The van der Waals surface area contributed by atoms with Crippen LogP contribution in [0.2, 0.25) is 0 Å². The molecule has 0 atom stereocenters. The first-order valence-electron chi connectivity index (χ1n) is 5.54. The summed E-state index contributed by atoms with van der Waals surface area (Å²) < 4.78 is 0. The van der Waals surface area contributed by atoms with E-state index in [1.807, 2.05) is 12.1 Å². The van der Waals surface area contributed by atoms with E-state index in [1.54, 1.807) is 12.4 Å². The van der Waals surface area contributed by atoms with E-state index in [1.165, 1.54) is 0 Å². The highest BCUT2D eigenvalue weighted by atomic mass is 16.1. The number of piperidine rings is 1. The Morgan fingerprint density at radius 3 is 2.44 bits per heavy atom. The van der Waals surface area contributed by atoms with Crippen molar-refractivity contribution in [2.45, 2.75) is 18.3 Å². The Balaban J connectivity index is 2.34. The summed E-state index contributed by atoms with van der Waals surface area (Å²) >= 11 is 0. The summed E-state index contributed by atoms with van der Waals surface area (Å²) in [6, 6.07) is 3.80. The number of carbonyl (C=O) groups excluding carboxylic acids is 1. The van der Waals surface area contributed by atoms with E-state index in [0.717, 1.165) is 31.5 Å². The van der Waals surface area contributed by atoms with E-state index in [4.69, 9.17) is 5.73 Å². The van der Waals surface area contributed by atoms with Crippen LogP contribution in [0.1, 0.15) is 18.4 Å². The zero-order valence-corrected chi connectivity index (χ0v) is 9.52. The maximum Gasteiger partial charge on any atom is 0.228 e. The molecule has 0 spiro atoms. The molecule has 0 saturated carbocycles. The van der Waals surface area contributed by atoms with Crippen LogP contribution in [-0.2, 0) is 10.2 Å². The lowest BCUT2D eigenvalue weighted by atomic mass is 9.72. The van der Waals surface area contributed by atoms with Crippen LogP contribution in [0.3, 0.4) is 0 Å². The Hall–Kier alpha value is -1.42. The average Bonchev–Trinajstić information content (AvgIpc) is 2.31. The molecule has 2 rings (SSSR count). The van der Waals surface area contributed by atoms with E-state index >= 15 is 0 Å². The smallest absolute Gasteiger partial charge is 0.228 e. The molecule has 0 aromatic carbocycles. The molecule has 1 fully saturated rings. The topological polar surface area (TPSA) is 59.2 Å². The molecule has 0 unspecified atom stereocenters. The fourth-order valence-electron chi connectivity index (χ4n) is 2.35. The summed E-state index contributed by atoms with van der Waals surface area (Å²) in [5.74, 6) is -0.216. The average molecular weight is 219 g/mol.